The average Bonchev–Trinajstić information content (AvgIpc) is 3.30. The SMILES string of the molecule is COC(C)c1cn(-c2cccc(CNC(=O)C3=CCCC3)c2)nn1. The highest BCUT2D eigenvalue weighted by Gasteiger charge is 2.13. The molecule has 0 aliphatic heterocycles. The van der Waals surface area contributed by atoms with E-state index in [1.165, 1.54) is 0 Å². The maximum atomic E-state index is 12.1. The van der Waals surface area contributed by atoms with Crippen molar-refractivity contribution < 1.29 is 9.53 Å². The first-order valence-electron chi connectivity index (χ1n) is 8.19. The number of nitrogens with one attached hydrogen (secondary N) is 1. The first-order chi connectivity index (χ1) is 11.7. The van der Waals surface area contributed by atoms with Crippen LogP contribution in [0, 0.1) is 0 Å². The Bertz CT molecular complexity index is 751. The lowest BCUT2D eigenvalue weighted by Crippen LogP contribution is -2.23. The van der Waals surface area contributed by atoms with Gasteiger partial charge in [0.15, 0.2) is 0 Å². The maximum absolute atomic E-state index is 12.1. The molecule has 0 bridgehead atoms. The van der Waals surface area contributed by atoms with Gasteiger partial charge >= 0.3 is 0 Å². The molecule has 1 aliphatic rings. The zero-order chi connectivity index (χ0) is 16.9. The van der Waals surface area contributed by atoms with Crippen LogP contribution in [0.3, 0.4) is 0 Å². The van der Waals surface area contributed by atoms with E-state index in [4.69, 9.17) is 4.74 Å². The standard InChI is InChI=1S/C18H22N4O2/c1-13(24-2)17-12-22(21-20-17)16-9-5-6-14(10-16)11-19-18(23)15-7-3-4-8-15/h5-7,9-10,12-13H,3-4,8,11H2,1-2H3,(H,19,23). The molecule has 0 radical (unpaired) electrons. The second-order valence-electron chi connectivity index (χ2n) is 5.94. The van der Waals surface area contributed by atoms with E-state index in [1.807, 2.05) is 43.5 Å². The minimum atomic E-state index is -0.0964. The van der Waals surface area contributed by atoms with Crippen LogP contribution in [-0.2, 0) is 16.1 Å². The molecular weight excluding hydrogens is 304 g/mol. The van der Waals surface area contributed by atoms with Gasteiger partial charge in [-0.05, 0) is 43.9 Å². The van der Waals surface area contributed by atoms with Crippen LogP contribution in [0.4, 0.5) is 0 Å². The number of amides is 1. The van der Waals surface area contributed by atoms with E-state index < -0.39 is 0 Å². The molecule has 24 heavy (non-hydrogen) atoms. The summed E-state index contributed by atoms with van der Waals surface area (Å²) in [5.41, 5.74) is 3.62. The van der Waals surface area contributed by atoms with Gasteiger partial charge in [0.2, 0.25) is 5.91 Å². The van der Waals surface area contributed by atoms with Crippen molar-refractivity contribution in [3.05, 3.63) is 53.4 Å². The molecule has 0 fully saturated rings. The van der Waals surface area contributed by atoms with Crippen molar-refractivity contribution >= 4 is 5.91 Å². The molecular formula is C18H22N4O2. The lowest BCUT2D eigenvalue weighted by Gasteiger charge is -2.08. The minimum absolute atomic E-state index is 0.0369. The van der Waals surface area contributed by atoms with Gasteiger partial charge < -0.3 is 10.1 Å². The number of benzene rings is 1. The Labute approximate surface area is 141 Å². The lowest BCUT2D eigenvalue weighted by atomic mass is 10.2. The van der Waals surface area contributed by atoms with E-state index in [2.05, 4.69) is 15.6 Å². The van der Waals surface area contributed by atoms with Crippen LogP contribution in [0.25, 0.3) is 5.69 Å². The highest BCUT2D eigenvalue weighted by atomic mass is 16.5. The zero-order valence-electron chi connectivity index (χ0n) is 14.0. The fourth-order valence-electron chi connectivity index (χ4n) is 2.69. The number of allylic oxidation sites excluding steroid dienone is 1. The fourth-order valence-corrected chi connectivity index (χ4v) is 2.69. The van der Waals surface area contributed by atoms with E-state index >= 15 is 0 Å². The fraction of sp³-hybridized carbons (Fsp3) is 0.389. The predicted octanol–water partition coefficient (Wildman–Crippen LogP) is 2.70. The molecule has 1 aliphatic carbocycles. The number of nitrogens with zero attached hydrogens (tertiary/aromatic N) is 3. The van der Waals surface area contributed by atoms with Crippen molar-refractivity contribution in [3.63, 3.8) is 0 Å². The van der Waals surface area contributed by atoms with Crippen LogP contribution in [0.1, 0.15) is 43.5 Å². The molecule has 1 unspecified atom stereocenters. The smallest absolute Gasteiger partial charge is 0.247 e. The van der Waals surface area contributed by atoms with Gasteiger partial charge in [0.1, 0.15) is 5.69 Å². The van der Waals surface area contributed by atoms with E-state index in [1.54, 1.807) is 11.8 Å². The first kappa shape index (κ1) is 16.4. The summed E-state index contributed by atoms with van der Waals surface area (Å²) in [4.78, 5) is 12.1. The Morgan fingerprint density at radius 1 is 1.46 bits per heavy atom. The third-order valence-electron chi connectivity index (χ3n) is 4.24. The second-order valence-corrected chi connectivity index (χ2v) is 5.94. The van der Waals surface area contributed by atoms with Gasteiger partial charge in [0.25, 0.3) is 0 Å². The van der Waals surface area contributed by atoms with E-state index in [-0.39, 0.29) is 12.0 Å². The van der Waals surface area contributed by atoms with Gasteiger partial charge in [-0.3, -0.25) is 4.79 Å². The quantitative estimate of drug-likeness (QED) is 0.886. The van der Waals surface area contributed by atoms with Crippen molar-refractivity contribution in [2.24, 2.45) is 0 Å². The highest BCUT2D eigenvalue weighted by molar-refractivity contribution is 5.93. The minimum Gasteiger partial charge on any atom is -0.375 e. The number of ether oxygens (including phenoxy) is 1. The molecule has 3 rings (SSSR count). The molecule has 1 aromatic carbocycles. The summed E-state index contributed by atoms with van der Waals surface area (Å²) in [5, 5.41) is 11.3. The number of hydrogen-bond acceptors (Lipinski definition) is 4. The molecule has 1 amide bonds. The van der Waals surface area contributed by atoms with Crippen LogP contribution in [0.2, 0.25) is 0 Å². The van der Waals surface area contributed by atoms with Crippen LogP contribution in [-0.4, -0.2) is 28.0 Å². The molecule has 126 valence electrons. The molecule has 1 heterocycles. The van der Waals surface area contributed by atoms with Crippen molar-refractivity contribution in [3.8, 4) is 5.69 Å². The van der Waals surface area contributed by atoms with Gasteiger partial charge in [0.05, 0.1) is 18.0 Å². The van der Waals surface area contributed by atoms with Crippen LogP contribution in [0.5, 0.6) is 0 Å². The van der Waals surface area contributed by atoms with Crippen molar-refractivity contribution in [1.82, 2.24) is 20.3 Å². The molecule has 1 atom stereocenters. The highest BCUT2D eigenvalue weighted by Crippen LogP contribution is 2.18. The third kappa shape index (κ3) is 3.71. The molecule has 1 aromatic heterocycles. The summed E-state index contributed by atoms with van der Waals surface area (Å²) in [6.07, 6.45) is 6.75. The Hall–Kier alpha value is -2.47. The molecule has 0 saturated carbocycles. The predicted molar refractivity (Wildman–Crippen MR) is 90.6 cm³/mol. The maximum Gasteiger partial charge on any atom is 0.247 e. The monoisotopic (exact) mass is 326 g/mol. The Morgan fingerprint density at radius 3 is 3.08 bits per heavy atom. The lowest BCUT2D eigenvalue weighted by molar-refractivity contribution is -0.117. The van der Waals surface area contributed by atoms with Crippen molar-refractivity contribution in [2.45, 2.75) is 38.8 Å². The van der Waals surface area contributed by atoms with Crippen LogP contribution < -0.4 is 5.32 Å². The molecule has 6 nitrogen and oxygen atoms in total. The van der Waals surface area contributed by atoms with Gasteiger partial charge in [-0.25, -0.2) is 4.68 Å². The van der Waals surface area contributed by atoms with Crippen molar-refractivity contribution in [2.75, 3.05) is 7.11 Å². The summed E-state index contributed by atoms with van der Waals surface area (Å²) in [6.45, 7) is 2.43. The topological polar surface area (TPSA) is 69.0 Å². The summed E-state index contributed by atoms with van der Waals surface area (Å²) >= 11 is 0. The second kappa shape index (κ2) is 7.40. The third-order valence-corrected chi connectivity index (χ3v) is 4.24. The number of hydrogen-bond donors (Lipinski definition) is 1. The van der Waals surface area contributed by atoms with Crippen molar-refractivity contribution in [1.29, 1.82) is 0 Å². The Kier molecular flexibility index (Phi) is 5.05. The Morgan fingerprint density at radius 2 is 2.33 bits per heavy atom. The van der Waals surface area contributed by atoms with Gasteiger partial charge in [0, 0.05) is 19.2 Å². The summed E-state index contributed by atoms with van der Waals surface area (Å²) in [5.74, 6) is 0.0369. The Balaban J connectivity index is 1.67. The number of carbonyl (C=O) groups is 1. The van der Waals surface area contributed by atoms with Gasteiger partial charge in [-0.1, -0.05) is 23.4 Å². The normalized spacial score (nSPS) is 15.2. The van der Waals surface area contributed by atoms with Gasteiger partial charge in [-0.15, -0.1) is 5.10 Å². The van der Waals surface area contributed by atoms with Gasteiger partial charge in [-0.2, -0.15) is 0 Å². The largest absolute Gasteiger partial charge is 0.375 e. The van der Waals surface area contributed by atoms with E-state index in [9.17, 15) is 4.79 Å². The van der Waals surface area contributed by atoms with Crippen LogP contribution in [0.15, 0.2) is 42.1 Å². The molecule has 2 aromatic rings. The summed E-state index contributed by atoms with van der Waals surface area (Å²) < 4.78 is 6.97. The van der Waals surface area contributed by atoms with E-state index in [0.717, 1.165) is 41.8 Å². The van der Waals surface area contributed by atoms with Crippen LogP contribution >= 0.6 is 0 Å². The molecule has 0 saturated heterocycles. The van der Waals surface area contributed by atoms with E-state index in [0.29, 0.717) is 6.54 Å². The summed E-state index contributed by atoms with van der Waals surface area (Å²) in [7, 11) is 1.65. The molecule has 6 heteroatoms. The number of rotatable bonds is 6. The zero-order valence-corrected chi connectivity index (χ0v) is 14.0. The first-order valence-corrected chi connectivity index (χ1v) is 8.19. The number of aromatic nitrogens is 3. The molecule has 1 N–H and O–H groups in total. The number of carbonyl (C=O) groups excluding carboxylic acids is 1. The summed E-state index contributed by atoms with van der Waals surface area (Å²) in [6, 6.07) is 7.90. The molecule has 0 spiro atoms. The number of methoxy groups -OCH3 is 1. The average molecular weight is 326 g/mol.